The molecule has 1 N–H and O–H groups in total. The van der Waals surface area contributed by atoms with Gasteiger partial charge < -0.3 is 5.32 Å². The topological polar surface area (TPSA) is 52.9 Å². The molecule has 1 aliphatic carbocycles. The third-order valence-electron chi connectivity index (χ3n) is 2.03. The van der Waals surface area contributed by atoms with Crippen LogP contribution < -0.4 is 5.32 Å². The molecule has 0 aromatic rings. The van der Waals surface area contributed by atoms with Crippen molar-refractivity contribution < 1.29 is 4.79 Å². The van der Waals surface area contributed by atoms with Crippen LogP contribution in [0.1, 0.15) is 26.2 Å². The number of hydrogen-bond acceptors (Lipinski definition) is 2. The van der Waals surface area contributed by atoms with Gasteiger partial charge >= 0.3 is 0 Å². The van der Waals surface area contributed by atoms with Crippen LogP contribution in [0.5, 0.6) is 0 Å². The van der Waals surface area contributed by atoms with Crippen molar-refractivity contribution in [1.82, 2.24) is 5.32 Å². The van der Waals surface area contributed by atoms with Gasteiger partial charge in [-0.1, -0.05) is 13.3 Å². The van der Waals surface area contributed by atoms with Gasteiger partial charge in [0.1, 0.15) is 6.42 Å². The molecule has 1 saturated carbocycles. The first-order valence-electron chi connectivity index (χ1n) is 3.94. The minimum atomic E-state index is -0.131. The van der Waals surface area contributed by atoms with E-state index in [1.807, 2.05) is 6.07 Å². The molecule has 0 radical (unpaired) electrons. The summed E-state index contributed by atoms with van der Waals surface area (Å²) in [7, 11) is 0. The molecule has 3 heteroatoms. The van der Waals surface area contributed by atoms with E-state index < -0.39 is 0 Å². The Bertz CT molecular complexity index is 195. The highest BCUT2D eigenvalue weighted by Crippen LogP contribution is 2.32. The molecule has 0 spiro atoms. The largest absolute Gasteiger partial charge is 0.352 e. The molecule has 0 bridgehead atoms. The summed E-state index contributed by atoms with van der Waals surface area (Å²) in [4.78, 5) is 10.8. The lowest BCUT2D eigenvalue weighted by Gasteiger charge is -1.98. The molecule has 1 fully saturated rings. The highest BCUT2D eigenvalue weighted by atomic mass is 16.1. The van der Waals surface area contributed by atoms with Gasteiger partial charge in [-0.25, -0.2) is 0 Å². The minimum Gasteiger partial charge on any atom is -0.352 e. The van der Waals surface area contributed by atoms with Gasteiger partial charge in [0.15, 0.2) is 0 Å². The van der Waals surface area contributed by atoms with E-state index >= 15 is 0 Å². The number of carbonyl (C=O) groups excluding carboxylic acids is 1. The van der Waals surface area contributed by atoms with Crippen LogP contribution in [0.15, 0.2) is 0 Å². The van der Waals surface area contributed by atoms with Gasteiger partial charge in [0.25, 0.3) is 0 Å². The van der Waals surface area contributed by atoms with E-state index in [4.69, 9.17) is 5.26 Å². The third-order valence-corrected chi connectivity index (χ3v) is 2.03. The molecule has 1 amide bonds. The Morgan fingerprint density at radius 1 is 1.82 bits per heavy atom. The fourth-order valence-corrected chi connectivity index (χ4v) is 1.21. The van der Waals surface area contributed by atoms with Crippen LogP contribution >= 0.6 is 0 Å². The van der Waals surface area contributed by atoms with Crippen molar-refractivity contribution in [2.45, 2.75) is 32.2 Å². The van der Waals surface area contributed by atoms with Gasteiger partial charge in [-0.3, -0.25) is 4.79 Å². The van der Waals surface area contributed by atoms with E-state index in [0.29, 0.717) is 12.0 Å². The standard InChI is InChI=1S/C8H12N2O/c1-2-6-5-7(6)10-8(11)3-4-9/h6-7H,2-3,5H2,1H3,(H,10,11)/t6-,7-/m1/s1. The minimum absolute atomic E-state index is 0.00701. The van der Waals surface area contributed by atoms with Crippen LogP contribution in [-0.4, -0.2) is 11.9 Å². The predicted molar refractivity (Wildman–Crippen MR) is 40.6 cm³/mol. The van der Waals surface area contributed by atoms with Crippen molar-refractivity contribution in [2.75, 3.05) is 0 Å². The van der Waals surface area contributed by atoms with Crippen LogP contribution in [0.4, 0.5) is 0 Å². The van der Waals surface area contributed by atoms with Crippen LogP contribution in [-0.2, 0) is 4.79 Å². The predicted octanol–water partition coefficient (Wildman–Crippen LogP) is 0.815. The lowest BCUT2D eigenvalue weighted by Crippen LogP contribution is -2.25. The molecule has 2 atom stereocenters. The average Bonchev–Trinajstić information content (AvgIpc) is 2.68. The summed E-state index contributed by atoms with van der Waals surface area (Å²) in [5.74, 6) is 0.533. The summed E-state index contributed by atoms with van der Waals surface area (Å²) in [5.41, 5.74) is 0. The second-order valence-electron chi connectivity index (χ2n) is 2.91. The number of carbonyl (C=O) groups is 1. The maximum absolute atomic E-state index is 10.8. The number of nitrogens with zero attached hydrogens (tertiary/aromatic N) is 1. The third kappa shape index (κ3) is 2.23. The Kier molecular flexibility index (Phi) is 2.48. The van der Waals surface area contributed by atoms with E-state index in [2.05, 4.69) is 12.2 Å². The Morgan fingerprint density at radius 2 is 2.55 bits per heavy atom. The van der Waals surface area contributed by atoms with E-state index in [9.17, 15) is 4.79 Å². The zero-order valence-corrected chi connectivity index (χ0v) is 6.63. The second kappa shape index (κ2) is 3.38. The lowest BCUT2D eigenvalue weighted by molar-refractivity contribution is -0.120. The molecule has 11 heavy (non-hydrogen) atoms. The Labute approximate surface area is 66.4 Å². The van der Waals surface area contributed by atoms with Crippen LogP contribution in [0, 0.1) is 17.2 Å². The Hall–Kier alpha value is -1.04. The Balaban J connectivity index is 2.14. The number of nitriles is 1. The van der Waals surface area contributed by atoms with Crippen molar-refractivity contribution in [1.29, 1.82) is 5.26 Å². The smallest absolute Gasteiger partial charge is 0.234 e. The quantitative estimate of drug-likeness (QED) is 0.650. The number of rotatable bonds is 3. The van der Waals surface area contributed by atoms with Crippen LogP contribution in [0.25, 0.3) is 0 Å². The first-order chi connectivity index (χ1) is 5.27. The molecule has 1 aliphatic rings. The van der Waals surface area contributed by atoms with Crippen molar-refractivity contribution in [3.8, 4) is 6.07 Å². The monoisotopic (exact) mass is 152 g/mol. The van der Waals surface area contributed by atoms with E-state index in [1.54, 1.807) is 0 Å². The molecule has 0 aromatic carbocycles. The van der Waals surface area contributed by atoms with Gasteiger partial charge in [-0.05, 0) is 12.3 Å². The molecule has 0 unspecified atom stereocenters. The molecule has 0 saturated heterocycles. The molecule has 60 valence electrons. The summed E-state index contributed by atoms with van der Waals surface area (Å²) < 4.78 is 0. The summed E-state index contributed by atoms with van der Waals surface area (Å²) >= 11 is 0. The van der Waals surface area contributed by atoms with Crippen LogP contribution in [0.2, 0.25) is 0 Å². The van der Waals surface area contributed by atoms with Gasteiger partial charge in [0.05, 0.1) is 6.07 Å². The zero-order chi connectivity index (χ0) is 8.27. The van der Waals surface area contributed by atoms with Crippen molar-refractivity contribution in [3.63, 3.8) is 0 Å². The molecular weight excluding hydrogens is 140 g/mol. The van der Waals surface area contributed by atoms with E-state index in [0.717, 1.165) is 12.8 Å². The van der Waals surface area contributed by atoms with E-state index in [-0.39, 0.29) is 12.3 Å². The zero-order valence-electron chi connectivity index (χ0n) is 6.63. The highest BCUT2D eigenvalue weighted by molar-refractivity contribution is 5.78. The number of amides is 1. The maximum atomic E-state index is 10.8. The summed E-state index contributed by atoms with van der Waals surface area (Å²) in [6.45, 7) is 2.11. The number of hydrogen-bond donors (Lipinski definition) is 1. The van der Waals surface area contributed by atoms with Gasteiger partial charge in [-0.15, -0.1) is 0 Å². The fraction of sp³-hybridized carbons (Fsp3) is 0.750. The fourth-order valence-electron chi connectivity index (χ4n) is 1.21. The first-order valence-corrected chi connectivity index (χ1v) is 3.94. The molecule has 1 rings (SSSR count). The van der Waals surface area contributed by atoms with Crippen molar-refractivity contribution >= 4 is 5.91 Å². The lowest BCUT2D eigenvalue weighted by atomic mass is 10.3. The molecule has 0 aliphatic heterocycles. The van der Waals surface area contributed by atoms with Crippen molar-refractivity contribution in [3.05, 3.63) is 0 Å². The SMILES string of the molecule is CC[C@@H]1C[C@H]1NC(=O)CC#N. The average molecular weight is 152 g/mol. The van der Waals surface area contributed by atoms with Gasteiger partial charge in [0.2, 0.25) is 5.91 Å². The van der Waals surface area contributed by atoms with Gasteiger partial charge in [0, 0.05) is 6.04 Å². The van der Waals surface area contributed by atoms with Crippen molar-refractivity contribution in [2.24, 2.45) is 5.92 Å². The molecular formula is C8H12N2O. The van der Waals surface area contributed by atoms with Gasteiger partial charge in [-0.2, -0.15) is 5.26 Å². The van der Waals surface area contributed by atoms with E-state index in [1.165, 1.54) is 0 Å². The molecule has 0 heterocycles. The number of nitrogens with one attached hydrogen (secondary N) is 1. The summed E-state index contributed by atoms with van der Waals surface area (Å²) in [6, 6.07) is 2.18. The Morgan fingerprint density at radius 3 is 3.00 bits per heavy atom. The molecule has 3 nitrogen and oxygen atoms in total. The highest BCUT2D eigenvalue weighted by Gasteiger charge is 2.36. The van der Waals surface area contributed by atoms with Crippen LogP contribution in [0.3, 0.4) is 0 Å². The molecule has 0 aromatic heterocycles. The first kappa shape index (κ1) is 8.06. The second-order valence-corrected chi connectivity index (χ2v) is 2.91. The normalized spacial score (nSPS) is 27.3. The summed E-state index contributed by atoms with van der Waals surface area (Å²) in [6.07, 6.45) is 2.21. The summed E-state index contributed by atoms with van der Waals surface area (Å²) in [5, 5.41) is 11.0. The maximum Gasteiger partial charge on any atom is 0.234 e.